The van der Waals surface area contributed by atoms with Crippen LogP contribution in [-0.4, -0.2) is 42.9 Å². The summed E-state index contributed by atoms with van der Waals surface area (Å²) in [6, 6.07) is 11.3. The van der Waals surface area contributed by atoms with Crippen molar-refractivity contribution in [2.24, 2.45) is 7.05 Å². The molecule has 2 aromatic carbocycles. The zero-order valence-electron chi connectivity index (χ0n) is 20.2. The van der Waals surface area contributed by atoms with Crippen molar-refractivity contribution in [3.63, 3.8) is 0 Å². The van der Waals surface area contributed by atoms with Crippen LogP contribution in [0.2, 0.25) is 0 Å². The summed E-state index contributed by atoms with van der Waals surface area (Å²) in [5, 5.41) is 18.3. The molecule has 4 rings (SSSR count). The Morgan fingerprint density at radius 2 is 1.75 bits per heavy atom. The Bertz CT molecular complexity index is 1710. The first-order valence-electron chi connectivity index (χ1n) is 11.1. The van der Waals surface area contributed by atoms with Gasteiger partial charge in [0.25, 0.3) is 5.56 Å². The number of nitrogens with one attached hydrogen (secondary N) is 1. The predicted molar refractivity (Wildman–Crippen MR) is 125 cm³/mol. The van der Waals surface area contributed by atoms with Crippen molar-refractivity contribution in [1.82, 2.24) is 19.1 Å². The lowest BCUT2D eigenvalue weighted by Gasteiger charge is -2.15. The van der Waals surface area contributed by atoms with E-state index in [1.54, 1.807) is 12.1 Å². The van der Waals surface area contributed by atoms with Crippen LogP contribution < -0.4 is 20.7 Å². The van der Waals surface area contributed by atoms with Gasteiger partial charge in [0.15, 0.2) is 28.8 Å². The van der Waals surface area contributed by atoms with Crippen LogP contribution in [0.4, 0.5) is 26.3 Å². The van der Waals surface area contributed by atoms with Crippen LogP contribution in [0.3, 0.4) is 0 Å². The third-order valence-corrected chi connectivity index (χ3v) is 5.65. The van der Waals surface area contributed by atoms with E-state index in [1.165, 1.54) is 25.2 Å². The minimum atomic E-state index is -5.14. The Morgan fingerprint density at radius 1 is 1.07 bits per heavy atom. The van der Waals surface area contributed by atoms with Crippen molar-refractivity contribution >= 4 is 11.2 Å². The number of nitrogens with zero attached hydrogens (tertiary/aromatic N) is 4. The normalized spacial score (nSPS) is 12.8. The van der Waals surface area contributed by atoms with Crippen LogP contribution in [0.1, 0.15) is 11.1 Å². The SMILES string of the molecule is Cn1c(-c2ccc(OCc3ccc(C#N)cc3)c(OC(F)(F)F)c2)nc2c1c(=O)[nH]c(=O)n2CC(O)C(F)(F)F. The molecule has 0 amide bonds. The van der Waals surface area contributed by atoms with Gasteiger partial charge in [-0.25, -0.2) is 9.78 Å². The first-order valence-corrected chi connectivity index (χ1v) is 11.1. The number of alkyl halides is 6. The standard InChI is InChI=1S/C24H17F6N5O5/c1-34-18-20(35(22(38)33-21(18)37)10-17(36)23(25,26)27)32-19(34)14-6-7-15(16(8-14)40-24(28,29)30)39-11-13-4-2-12(9-31)3-5-13/h2-8,17,36H,10-11H2,1H3,(H,33,37,38). The van der Waals surface area contributed by atoms with Crippen LogP contribution >= 0.6 is 0 Å². The highest BCUT2D eigenvalue weighted by Crippen LogP contribution is 2.37. The molecule has 0 bridgehead atoms. The number of nitriles is 1. The van der Waals surface area contributed by atoms with E-state index in [-0.39, 0.29) is 29.3 Å². The molecule has 40 heavy (non-hydrogen) atoms. The highest BCUT2D eigenvalue weighted by Gasteiger charge is 2.39. The fourth-order valence-electron chi connectivity index (χ4n) is 3.76. The van der Waals surface area contributed by atoms with Crippen LogP contribution in [0, 0.1) is 11.3 Å². The van der Waals surface area contributed by atoms with Crippen LogP contribution in [0.25, 0.3) is 22.6 Å². The molecule has 10 nitrogen and oxygen atoms in total. The quantitative estimate of drug-likeness (QED) is 0.326. The van der Waals surface area contributed by atoms with Gasteiger partial charge in [0.2, 0.25) is 0 Å². The number of aromatic nitrogens is 4. The van der Waals surface area contributed by atoms with Crippen LogP contribution in [0.15, 0.2) is 52.1 Å². The van der Waals surface area contributed by atoms with Crippen LogP contribution in [-0.2, 0) is 20.2 Å². The Labute approximate surface area is 219 Å². The maximum Gasteiger partial charge on any atom is 0.573 e. The van der Waals surface area contributed by atoms with Crippen molar-refractivity contribution in [2.75, 3.05) is 0 Å². The molecule has 0 aliphatic rings. The van der Waals surface area contributed by atoms with Gasteiger partial charge in [0.1, 0.15) is 12.4 Å². The lowest BCUT2D eigenvalue weighted by molar-refractivity contribution is -0.275. The topological polar surface area (TPSA) is 135 Å². The summed E-state index contributed by atoms with van der Waals surface area (Å²) in [5.74, 6) is -1.32. The third kappa shape index (κ3) is 5.94. The van der Waals surface area contributed by atoms with E-state index in [0.717, 1.165) is 16.7 Å². The van der Waals surface area contributed by atoms with Gasteiger partial charge < -0.3 is 19.1 Å². The van der Waals surface area contributed by atoms with Crippen molar-refractivity contribution < 1.29 is 40.9 Å². The molecule has 1 unspecified atom stereocenters. The van der Waals surface area contributed by atoms with Gasteiger partial charge in [-0.15, -0.1) is 13.2 Å². The number of benzene rings is 2. The number of ether oxygens (including phenoxy) is 2. The van der Waals surface area contributed by atoms with E-state index in [1.807, 2.05) is 11.1 Å². The molecular weight excluding hydrogens is 552 g/mol. The highest BCUT2D eigenvalue weighted by atomic mass is 19.4. The van der Waals surface area contributed by atoms with Crippen molar-refractivity contribution in [2.45, 2.75) is 31.8 Å². The minimum absolute atomic E-state index is 0.0709. The first kappa shape index (κ1) is 28.2. The molecule has 0 spiro atoms. The Hall–Kier alpha value is -4.78. The Kier molecular flexibility index (Phi) is 7.35. The summed E-state index contributed by atoms with van der Waals surface area (Å²) in [6.07, 6.45) is -13.2. The average molecular weight is 569 g/mol. The van der Waals surface area contributed by atoms with Gasteiger partial charge in [-0.2, -0.15) is 18.4 Å². The average Bonchev–Trinajstić information content (AvgIpc) is 3.21. The number of halogens is 6. The number of H-pyrrole nitrogens is 1. The molecule has 4 aromatic rings. The summed E-state index contributed by atoms with van der Waals surface area (Å²) in [7, 11) is 1.26. The number of aliphatic hydroxyl groups excluding tert-OH is 1. The molecule has 2 N–H and O–H groups in total. The fourth-order valence-corrected chi connectivity index (χ4v) is 3.76. The molecule has 2 aromatic heterocycles. The van der Waals surface area contributed by atoms with Gasteiger partial charge in [-0.05, 0) is 35.9 Å². The van der Waals surface area contributed by atoms with E-state index < -0.39 is 47.8 Å². The zero-order valence-corrected chi connectivity index (χ0v) is 20.2. The Balaban J connectivity index is 1.77. The molecule has 0 radical (unpaired) electrons. The smallest absolute Gasteiger partial charge is 0.485 e. The van der Waals surface area contributed by atoms with Crippen LogP contribution in [0.5, 0.6) is 11.5 Å². The summed E-state index contributed by atoms with van der Waals surface area (Å²) in [5.41, 5.74) is -2.37. The number of imidazole rings is 1. The lowest BCUT2D eigenvalue weighted by atomic mass is 10.1. The summed E-state index contributed by atoms with van der Waals surface area (Å²) in [6.45, 7) is -1.48. The summed E-state index contributed by atoms with van der Waals surface area (Å²) < 4.78 is 89.4. The summed E-state index contributed by atoms with van der Waals surface area (Å²) >= 11 is 0. The Morgan fingerprint density at radius 3 is 2.35 bits per heavy atom. The van der Waals surface area contributed by atoms with Gasteiger partial charge >= 0.3 is 18.2 Å². The molecule has 0 saturated carbocycles. The molecule has 2 heterocycles. The monoisotopic (exact) mass is 569 g/mol. The van der Waals surface area contributed by atoms with Crippen molar-refractivity contribution in [3.05, 3.63) is 74.4 Å². The van der Waals surface area contributed by atoms with Gasteiger partial charge in [0.05, 0.1) is 18.2 Å². The third-order valence-electron chi connectivity index (χ3n) is 5.65. The number of aliphatic hydroxyl groups is 1. The summed E-state index contributed by atoms with van der Waals surface area (Å²) in [4.78, 5) is 30.6. The second kappa shape index (κ2) is 10.4. The maximum absolute atomic E-state index is 13.2. The van der Waals surface area contributed by atoms with E-state index in [4.69, 9.17) is 10.00 Å². The van der Waals surface area contributed by atoms with E-state index >= 15 is 0 Å². The van der Waals surface area contributed by atoms with E-state index in [0.29, 0.717) is 15.7 Å². The molecule has 16 heteroatoms. The maximum atomic E-state index is 13.2. The first-order chi connectivity index (χ1) is 18.7. The molecule has 210 valence electrons. The molecule has 0 aliphatic carbocycles. The number of aromatic amines is 1. The van der Waals surface area contributed by atoms with E-state index in [2.05, 4.69) is 9.72 Å². The number of aryl methyl sites for hydroxylation is 1. The lowest BCUT2D eigenvalue weighted by Crippen LogP contribution is -2.39. The predicted octanol–water partition coefficient (Wildman–Crippen LogP) is 3.36. The second-order valence-corrected chi connectivity index (χ2v) is 8.40. The number of rotatable bonds is 7. The van der Waals surface area contributed by atoms with Gasteiger partial charge in [0, 0.05) is 12.6 Å². The molecule has 0 saturated heterocycles. The van der Waals surface area contributed by atoms with Crippen molar-refractivity contribution in [1.29, 1.82) is 5.26 Å². The second-order valence-electron chi connectivity index (χ2n) is 8.40. The molecule has 0 fully saturated rings. The fraction of sp³-hybridized carbons (Fsp3) is 0.250. The highest BCUT2D eigenvalue weighted by molar-refractivity contribution is 5.77. The minimum Gasteiger partial charge on any atom is -0.485 e. The van der Waals surface area contributed by atoms with Gasteiger partial charge in [-0.3, -0.25) is 14.3 Å². The zero-order chi connectivity index (χ0) is 29.4. The number of hydrogen-bond donors (Lipinski definition) is 2. The van der Waals surface area contributed by atoms with Crippen molar-refractivity contribution in [3.8, 4) is 29.0 Å². The largest absolute Gasteiger partial charge is 0.573 e. The number of fused-ring (bicyclic) bond motifs is 1. The molecular formula is C24H17F6N5O5. The number of hydrogen-bond acceptors (Lipinski definition) is 7. The molecule has 0 aliphatic heterocycles. The van der Waals surface area contributed by atoms with E-state index in [9.17, 15) is 41.0 Å². The van der Waals surface area contributed by atoms with Gasteiger partial charge in [-0.1, -0.05) is 12.1 Å². The molecule has 1 atom stereocenters.